The quantitative estimate of drug-likeness (QED) is 0.611. The molecular weight excluding hydrogens is 240 g/mol. The Balaban J connectivity index is 0.000000190. The first-order chi connectivity index (χ1) is 9.38. The van der Waals surface area contributed by atoms with Gasteiger partial charge in [-0.2, -0.15) is 5.10 Å². The Bertz CT molecular complexity index is 424. The van der Waals surface area contributed by atoms with Gasteiger partial charge in [-0.3, -0.25) is 9.89 Å². The lowest BCUT2D eigenvalue weighted by Crippen LogP contribution is -1.90. The Kier molecular flexibility index (Phi) is 8.10. The van der Waals surface area contributed by atoms with E-state index in [-0.39, 0.29) is 0 Å². The number of carbonyl (C=O) groups excluding carboxylic acids is 1. The molecule has 1 N–H and O–H groups in total. The van der Waals surface area contributed by atoms with E-state index in [1.54, 1.807) is 0 Å². The number of hydrogen-bond acceptors (Lipinski definition) is 3. The second-order valence-corrected chi connectivity index (χ2v) is 4.34. The number of nitrogens with zero attached hydrogens (tertiary/aromatic N) is 1. The molecule has 0 unspecified atom stereocenters. The van der Waals surface area contributed by atoms with Crippen molar-refractivity contribution in [2.75, 3.05) is 6.61 Å². The maximum Gasteiger partial charge on any atom is 0.293 e. The number of nitrogens with one attached hydrogen (secondary N) is 1. The second-order valence-electron chi connectivity index (χ2n) is 4.34. The second kappa shape index (κ2) is 10.1. The molecule has 4 heteroatoms. The van der Waals surface area contributed by atoms with Gasteiger partial charge in [-0.25, -0.2) is 0 Å². The van der Waals surface area contributed by atoms with Crippen LogP contribution in [0.3, 0.4) is 0 Å². The Labute approximate surface area is 114 Å². The van der Waals surface area contributed by atoms with Crippen molar-refractivity contribution in [1.29, 1.82) is 0 Å². The molecule has 0 saturated carbocycles. The molecule has 0 atom stereocenters. The zero-order chi connectivity index (χ0) is 13.8. The molecule has 104 valence electrons. The van der Waals surface area contributed by atoms with Crippen LogP contribution in [0.5, 0.6) is 0 Å². The van der Waals surface area contributed by atoms with E-state index in [9.17, 15) is 4.79 Å². The van der Waals surface area contributed by atoms with E-state index >= 15 is 0 Å². The monoisotopic (exact) mass is 262 g/mol. The third-order valence-electron chi connectivity index (χ3n) is 2.78. The van der Waals surface area contributed by atoms with E-state index in [1.807, 2.05) is 30.5 Å². The number of fused-ring (bicyclic) bond motifs is 1. The van der Waals surface area contributed by atoms with Gasteiger partial charge in [0, 0.05) is 5.39 Å². The fraction of sp³-hybridized carbons (Fsp3) is 0.467. The summed E-state index contributed by atoms with van der Waals surface area (Å²) in [4.78, 5) is 9.67. The Morgan fingerprint density at radius 1 is 1.21 bits per heavy atom. The first-order valence-electron chi connectivity index (χ1n) is 6.82. The van der Waals surface area contributed by atoms with Crippen LogP contribution in [0.4, 0.5) is 0 Å². The lowest BCUT2D eigenvalue weighted by molar-refractivity contribution is -0.128. The van der Waals surface area contributed by atoms with Crippen LogP contribution in [0.15, 0.2) is 30.5 Å². The number of carbonyl (C=O) groups is 1. The maximum atomic E-state index is 9.67. The molecule has 2 rings (SSSR count). The topological polar surface area (TPSA) is 55.0 Å². The molecule has 2 aromatic rings. The SMILES string of the molecule is CCCCCCCOC=O.c1ccc2[nH]ncc2c1. The molecule has 0 bridgehead atoms. The minimum atomic E-state index is 0.514. The molecule has 1 aromatic heterocycles. The lowest BCUT2D eigenvalue weighted by Gasteiger charge is -1.97. The molecule has 0 aliphatic rings. The number of para-hydroxylation sites is 1. The summed E-state index contributed by atoms with van der Waals surface area (Å²) in [5.41, 5.74) is 1.09. The van der Waals surface area contributed by atoms with Crippen molar-refractivity contribution >= 4 is 17.4 Å². The summed E-state index contributed by atoms with van der Waals surface area (Å²) in [6.07, 6.45) is 7.82. The van der Waals surface area contributed by atoms with Crippen molar-refractivity contribution in [3.05, 3.63) is 30.5 Å². The van der Waals surface area contributed by atoms with Crippen LogP contribution in [0.1, 0.15) is 39.0 Å². The summed E-state index contributed by atoms with van der Waals surface area (Å²) in [6.45, 7) is 3.29. The van der Waals surface area contributed by atoms with E-state index < -0.39 is 0 Å². The van der Waals surface area contributed by atoms with Gasteiger partial charge in [0.05, 0.1) is 18.3 Å². The van der Waals surface area contributed by atoms with Crippen molar-refractivity contribution < 1.29 is 9.53 Å². The largest absolute Gasteiger partial charge is 0.468 e. The van der Waals surface area contributed by atoms with Gasteiger partial charge >= 0.3 is 0 Å². The molecule has 0 amide bonds. The van der Waals surface area contributed by atoms with E-state index in [4.69, 9.17) is 0 Å². The van der Waals surface area contributed by atoms with Gasteiger partial charge < -0.3 is 4.74 Å². The summed E-state index contributed by atoms with van der Waals surface area (Å²) in [5.74, 6) is 0. The Morgan fingerprint density at radius 2 is 2.00 bits per heavy atom. The van der Waals surface area contributed by atoms with Crippen LogP contribution in [0.25, 0.3) is 10.9 Å². The fourth-order valence-electron chi connectivity index (χ4n) is 1.72. The molecule has 0 saturated heterocycles. The number of unbranched alkanes of at least 4 members (excludes halogenated alkanes) is 4. The average molecular weight is 262 g/mol. The molecule has 1 heterocycles. The zero-order valence-corrected chi connectivity index (χ0v) is 11.5. The third kappa shape index (κ3) is 6.60. The highest BCUT2D eigenvalue weighted by atomic mass is 16.5. The van der Waals surface area contributed by atoms with Gasteiger partial charge in [0.15, 0.2) is 0 Å². The van der Waals surface area contributed by atoms with E-state index in [0.717, 1.165) is 17.3 Å². The van der Waals surface area contributed by atoms with Crippen LogP contribution in [0, 0.1) is 0 Å². The van der Waals surface area contributed by atoms with E-state index in [0.29, 0.717) is 13.1 Å². The number of aromatic nitrogens is 2. The lowest BCUT2D eigenvalue weighted by atomic mass is 10.2. The third-order valence-corrected chi connectivity index (χ3v) is 2.78. The van der Waals surface area contributed by atoms with Crippen LogP contribution in [-0.4, -0.2) is 23.3 Å². The molecule has 0 fully saturated rings. The average Bonchev–Trinajstić information content (AvgIpc) is 2.92. The van der Waals surface area contributed by atoms with Crippen LogP contribution < -0.4 is 0 Å². The van der Waals surface area contributed by atoms with Crippen molar-refractivity contribution in [1.82, 2.24) is 10.2 Å². The van der Waals surface area contributed by atoms with E-state index in [1.165, 1.54) is 25.7 Å². The standard InChI is InChI=1S/C8H16O2.C7H6N2/c1-2-3-4-5-6-7-10-8-9;1-2-4-7-6(3-1)5-8-9-7/h8H,2-7H2,1H3;1-5H,(H,8,9). The van der Waals surface area contributed by atoms with Crippen LogP contribution >= 0.6 is 0 Å². The Morgan fingerprint density at radius 3 is 2.74 bits per heavy atom. The van der Waals surface area contributed by atoms with Crippen LogP contribution in [0.2, 0.25) is 0 Å². The Hall–Kier alpha value is -1.84. The highest BCUT2D eigenvalue weighted by Gasteiger charge is 1.88. The summed E-state index contributed by atoms with van der Waals surface area (Å²) >= 11 is 0. The normalized spacial score (nSPS) is 9.74. The highest BCUT2D eigenvalue weighted by molar-refractivity contribution is 5.77. The van der Waals surface area contributed by atoms with Crippen molar-refractivity contribution in [3.63, 3.8) is 0 Å². The highest BCUT2D eigenvalue weighted by Crippen LogP contribution is 2.07. The summed E-state index contributed by atoms with van der Waals surface area (Å²) in [6, 6.07) is 8.01. The molecular formula is C15H22N2O2. The minimum absolute atomic E-state index is 0.514. The van der Waals surface area contributed by atoms with Crippen molar-refractivity contribution in [2.45, 2.75) is 39.0 Å². The van der Waals surface area contributed by atoms with Gasteiger partial charge in [-0.05, 0) is 12.5 Å². The fourth-order valence-corrected chi connectivity index (χ4v) is 1.72. The van der Waals surface area contributed by atoms with Gasteiger partial charge in [-0.15, -0.1) is 0 Å². The summed E-state index contributed by atoms with van der Waals surface area (Å²) in [7, 11) is 0. The maximum absolute atomic E-state index is 9.67. The number of ether oxygens (including phenoxy) is 1. The van der Waals surface area contributed by atoms with Crippen LogP contribution in [-0.2, 0) is 9.53 Å². The van der Waals surface area contributed by atoms with Gasteiger partial charge in [0.25, 0.3) is 6.47 Å². The van der Waals surface area contributed by atoms with Gasteiger partial charge in [0.1, 0.15) is 0 Å². The van der Waals surface area contributed by atoms with E-state index in [2.05, 4.69) is 21.9 Å². The predicted octanol–water partition coefficient (Wildman–Crippen LogP) is 3.69. The molecule has 19 heavy (non-hydrogen) atoms. The number of benzene rings is 1. The summed E-state index contributed by atoms with van der Waals surface area (Å²) in [5, 5.41) is 7.91. The number of rotatable bonds is 7. The van der Waals surface area contributed by atoms with Gasteiger partial charge in [-0.1, -0.05) is 50.8 Å². The molecule has 0 spiro atoms. The predicted molar refractivity (Wildman–Crippen MR) is 76.9 cm³/mol. The molecule has 1 aromatic carbocycles. The smallest absolute Gasteiger partial charge is 0.293 e. The molecule has 0 aliphatic heterocycles. The van der Waals surface area contributed by atoms with Crippen molar-refractivity contribution in [3.8, 4) is 0 Å². The zero-order valence-electron chi connectivity index (χ0n) is 11.5. The number of hydrogen-bond donors (Lipinski definition) is 1. The molecule has 0 radical (unpaired) electrons. The first-order valence-corrected chi connectivity index (χ1v) is 6.82. The first kappa shape index (κ1) is 15.2. The van der Waals surface area contributed by atoms with Gasteiger partial charge in [0.2, 0.25) is 0 Å². The number of H-pyrrole nitrogens is 1. The summed E-state index contributed by atoms with van der Waals surface area (Å²) < 4.78 is 4.53. The molecule has 4 nitrogen and oxygen atoms in total. The van der Waals surface area contributed by atoms with Crippen molar-refractivity contribution in [2.24, 2.45) is 0 Å². The minimum Gasteiger partial charge on any atom is -0.468 e. The molecule has 0 aliphatic carbocycles. The number of aromatic amines is 1.